The van der Waals surface area contributed by atoms with Gasteiger partial charge in [-0.3, -0.25) is 0 Å². The molecule has 1 saturated heterocycles. The predicted molar refractivity (Wildman–Crippen MR) is 118 cm³/mol. The van der Waals surface area contributed by atoms with E-state index in [4.69, 9.17) is 4.74 Å². The number of hydrogen-bond donors (Lipinski definition) is 1. The highest BCUT2D eigenvalue weighted by atomic mass is 19.1. The molecule has 0 amide bonds. The quantitative estimate of drug-likeness (QED) is 0.657. The third-order valence-corrected chi connectivity index (χ3v) is 7.91. The summed E-state index contributed by atoms with van der Waals surface area (Å²) in [6.45, 7) is 3.53. The summed E-state index contributed by atoms with van der Waals surface area (Å²) in [5.41, 5.74) is 4.70. The number of rotatable bonds is 4. The van der Waals surface area contributed by atoms with Crippen LogP contribution in [-0.2, 0) is 18.3 Å². The molecular weight excluding hydrogens is 375 g/mol. The first-order valence-corrected chi connectivity index (χ1v) is 11.3. The van der Waals surface area contributed by atoms with Crippen LogP contribution in [0.15, 0.2) is 42.5 Å². The first-order valence-electron chi connectivity index (χ1n) is 11.3. The lowest BCUT2D eigenvalue weighted by atomic mass is 9.58. The Morgan fingerprint density at radius 3 is 2.90 bits per heavy atom. The van der Waals surface area contributed by atoms with Crippen molar-refractivity contribution in [1.29, 1.82) is 0 Å². The summed E-state index contributed by atoms with van der Waals surface area (Å²) in [7, 11) is 1.74. The molecule has 3 aromatic rings. The van der Waals surface area contributed by atoms with E-state index in [-0.39, 0.29) is 11.2 Å². The number of likely N-dealkylation sites (tertiary alicyclic amines) is 1. The van der Waals surface area contributed by atoms with Crippen LogP contribution < -0.4 is 4.74 Å². The minimum atomic E-state index is -0.143. The molecular formula is C26H29FN2O. The summed E-state index contributed by atoms with van der Waals surface area (Å²) >= 11 is 0. The number of benzene rings is 2. The summed E-state index contributed by atoms with van der Waals surface area (Å²) in [4.78, 5) is 6.17. The SMILES string of the molecule is COc1cccc(C23CCN(CC4CC4)C[C@@H]2Cc2c([nH]c4c(F)cccc24)C3)c1. The number of nitrogens with zero attached hydrogens (tertiary/aromatic N) is 1. The normalized spacial score (nSPS) is 26.4. The molecule has 2 aliphatic carbocycles. The van der Waals surface area contributed by atoms with Crippen LogP contribution in [0.25, 0.3) is 10.9 Å². The lowest BCUT2D eigenvalue weighted by Gasteiger charge is -2.51. The molecule has 1 unspecified atom stereocenters. The maximum Gasteiger partial charge on any atom is 0.147 e. The van der Waals surface area contributed by atoms with Crippen LogP contribution in [-0.4, -0.2) is 36.6 Å². The average Bonchev–Trinajstić information content (AvgIpc) is 3.51. The van der Waals surface area contributed by atoms with Gasteiger partial charge in [0.25, 0.3) is 0 Å². The Morgan fingerprint density at radius 1 is 1.20 bits per heavy atom. The Labute approximate surface area is 177 Å². The van der Waals surface area contributed by atoms with Crippen molar-refractivity contribution in [1.82, 2.24) is 9.88 Å². The molecule has 0 radical (unpaired) electrons. The van der Waals surface area contributed by atoms with Gasteiger partial charge >= 0.3 is 0 Å². The van der Waals surface area contributed by atoms with Crippen LogP contribution in [0.4, 0.5) is 4.39 Å². The minimum absolute atomic E-state index is 0.0823. The fraction of sp³-hybridized carbons (Fsp3) is 0.462. The monoisotopic (exact) mass is 404 g/mol. The van der Waals surface area contributed by atoms with Crippen LogP contribution >= 0.6 is 0 Å². The molecule has 1 N–H and O–H groups in total. The predicted octanol–water partition coefficient (Wildman–Crippen LogP) is 5.08. The molecule has 2 aromatic carbocycles. The van der Waals surface area contributed by atoms with E-state index in [1.807, 2.05) is 12.1 Å². The molecule has 0 bridgehead atoms. The first-order chi connectivity index (χ1) is 14.7. The summed E-state index contributed by atoms with van der Waals surface area (Å²) < 4.78 is 20.1. The number of piperidine rings is 1. The van der Waals surface area contributed by atoms with Gasteiger partial charge in [0.05, 0.1) is 12.6 Å². The van der Waals surface area contributed by atoms with E-state index in [1.54, 1.807) is 13.2 Å². The second-order valence-corrected chi connectivity index (χ2v) is 9.66. The van der Waals surface area contributed by atoms with E-state index in [0.717, 1.165) is 49.4 Å². The molecule has 156 valence electrons. The van der Waals surface area contributed by atoms with Gasteiger partial charge in [-0.1, -0.05) is 24.3 Å². The Morgan fingerprint density at radius 2 is 2.07 bits per heavy atom. The zero-order valence-electron chi connectivity index (χ0n) is 17.6. The van der Waals surface area contributed by atoms with Crippen molar-refractivity contribution in [3.63, 3.8) is 0 Å². The molecule has 2 atom stereocenters. The lowest BCUT2D eigenvalue weighted by Crippen LogP contribution is -2.54. The number of methoxy groups -OCH3 is 1. The van der Waals surface area contributed by atoms with E-state index >= 15 is 0 Å². The number of fused-ring (bicyclic) bond motifs is 4. The van der Waals surface area contributed by atoms with Crippen LogP contribution in [0, 0.1) is 17.7 Å². The van der Waals surface area contributed by atoms with Gasteiger partial charge in [-0.25, -0.2) is 4.39 Å². The fourth-order valence-corrected chi connectivity index (χ4v) is 6.12. The third-order valence-electron chi connectivity index (χ3n) is 7.91. The van der Waals surface area contributed by atoms with E-state index in [9.17, 15) is 4.39 Å². The van der Waals surface area contributed by atoms with Gasteiger partial charge < -0.3 is 14.6 Å². The molecule has 1 saturated carbocycles. The van der Waals surface area contributed by atoms with Gasteiger partial charge in [0.1, 0.15) is 11.6 Å². The van der Waals surface area contributed by atoms with E-state index in [2.05, 4.69) is 34.1 Å². The zero-order valence-corrected chi connectivity index (χ0v) is 17.6. The number of nitrogens with one attached hydrogen (secondary N) is 1. The standard InChI is InChI=1S/C26H29FN2O/c1-30-20-5-2-4-18(12-20)26-10-11-29(15-17-8-9-17)16-19(26)13-22-21-6-3-7-23(27)25(21)28-24(22)14-26/h2-7,12,17,19,28H,8-11,13-16H2,1H3/t19-,26?/m0/s1. The maximum atomic E-state index is 14.5. The van der Waals surface area contributed by atoms with Crippen molar-refractivity contribution in [2.45, 2.75) is 37.5 Å². The van der Waals surface area contributed by atoms with Crippen LogP contribution in [0.5, 0.6) is 5.75 Å². The van der Waals surface area contributed by atoms with Crippen molar-refractivity contribution < 1.29 is 9.13 Å². The molecule has 1 aromatic heterocycles. The Balaban J connectivity index is 1.45. The number of aromatic amines is 1. The minimum Gasteiger partial charge on any atom is -0.497 e. The number of halogens is 1. The molecule has 30 heavy (non-hydrogen) atoms. The highest BCUT2D eigenvalue weighted by Crippen LogP contribution is 2.50. The molecule has 1 aliphatic heterocycles. The molecule has 4 heteroatoms. The Hall–Kier alpha value is -2.33. The molecule has 2 heterocycles. The number of hydrogen-bond acceptors (Lipinski definition) is 2. The fourth-order valence-electron chi connectivity index (χ4n) is 6.12. The molecule has 3 nitrogen and oxygen atoms in total. The van der Waals surface area contributed by atoms with Gasteiger partial charge in [0.15, 0.2) is 0 Å². The smallest absolute Gasteiger partial charge is 0.147 e. The van der Waals surface area contributed by atoms with E-state index in [0.29, 0.717) is 11.4 Å². The largest absolute Gasteiger partial charge is 0.497 e. The second kappa shape index (κ2) is 6.84. The van der Waals surface area contributed by atoms with Gasteiger partial charge in [-0.05, 0) is 79.8 Å². The third kappa shape index (κ3) is 2.88. The van der Waals surface area contributed by atoms with Crippen molar-refractivity contribution in [3.8, 4) is 5.75 Å². The van der Waals surface area contributed by atoms with Crippen molar-refractivity contribution in [3.05, 3.63) is 65.1 Å². The van der Waals surface area contributed by atoms with Gasteiger partial charge in [0.2, 0.25) is 0 Å². The van der Waals surface area contributed by atoms with Gasteiger partial charge in [-0.15, -0.1) is 0 Å². The van der Waals surface area contributed by atoms with Crippen LogP contribution in [0.3, 0.4) is 0 Å². The second-order valence-electron chi connectivity index (χ2n) is 9.66. The number of H-pyrrole nitrogens is 1. The van der Waals surface area contributed by atoms with E-state index in [1.165, 1.54) is 36.2 Å². The molecule has 6 rings (SSSR count). The average molecular weight is 405 g/mol. The van der Waals surface area contributed by atoms with Crippen molar-refractivity contribution in [2.24, 2.45) is 11.8 Å². The van der Waals surface area contributed by atoms with Crippen molar-refractivity contribution >= 4 is 10.9 Å². The zero-order chi connectivity index (χ0) is 20.3. The summed E-state index contributed by atoms with van der Waals surface area (Å²) in [5.74, 6) is 2.23. The highest BCUT2D eigenvalue weighted by Gasteiger charge is 2.48. The number of para-hydroxylation sites is 1. The molecule has 3 aliphatic rings. The highest BCUT2D eigenvalue weighted by molar-refractivity contribution is 5.85. The Bertz CT molecular complexity index is 1100. The first kappa shape index (κ1) is 18.4. The Kier molecular flexibility index (Phi) is 4.21. The molecule has 2 fully saturated rings. The summed E-state index contributed by atoms with van der Waals surface area (Å²) in [5, 5.41) is 1.07. The summed E-state index contributed by atoms with van der Waals surface area (Å²) in [6.07, 6.45) is 5.90. The lowest BCUT2D eigenvalue weighted by molar-refractivity contribution is 0.0783. The van der Waals surface area contributed by atoms with Crippen LogP contribution in [0.1, 0.15) is 36.1 Å². The van der Waals surface area contributed by atoms with E-state index < -0.39 is 0 Å². The van der Waals surface area contributed by atoms with Crippen molar-refractivity contribution in [2.75, 3.05) is 26.7 Å². The maximum absolute atomic E-state index is 14.5. The van der Waals surface area contributed by atoms with Gasteiger partial charge in [0, 0.05) is 29.6 Å². The van der Waals surface area contributed by atoms with Gasteiger partial charge in [-0.2, -0.15) is 0 Å². The van der Waals surface area contributed by atoms with Crippen LogP contribution in [0.2, 0.25) is 0 Å². The molecule has 0 spiro atoms. The number of aromatic nitrogens is 1. The topological polar surface area (TPSA) is 28.3 Å². The summed E-state index contributed by atoms with van der Waals surface area (Å²) in [6, 6.07) is 14.2. The number of ether oxygens (including phenoxy) is 1.